The summed E-state index contributed by atoms with van der Waals surface area (Å²) in [6, 6.07) is 0. The molecular weight excluding hydrogens is 322 g/mol. The summed E-state index contributed by atoms with van der Waals surface area (Å²) < 4.78 is 34.1. The van der Waals surface area contributed by atoms with Gasteiger partial charge in [-0.1, -0.05) is 0 Å². The smallest absolute Gasteiger partial charge is 0.759 e. The molecular formula is H20AlKO14S+2. The Bertz CT molecular complexity index is 99.4. The molecule has 0 bridgehead atoms. The van der Waals surface area contributed by atoms with E-state index in [4.69, 9.17) is 17.5 Å². The Labute approximate surface area is 150 Å². The first-order valence-electron chi connectivity index (χ1n) is 0.667. The van der Waals surface area contributed by atoms with E-state index in [0.717, 1.165) is 0 Å². The first-order valence-corrected chi connectivity index (χ1v) is 2.00. The molecule has 0 atom stereocenters. The van der Waals surface area contributed by atoms with E-state index in [0.29, 0.717) is 0 Å². The van der Waals surface area contributed by atoms with Gasteiger partial charge in [-0.25, -0.2) is 0 Å². The molecule has 14 nitrogen and oxygen atoms in total. The summed E-state index contributed by atoms with van der Waals surface area (Å²) >= 11 is 0. The fraction of sp³-hybridized carbons (Fsp3) is 0. The third-order valence-electron chi connectivity index (χ3n) is 0. The molecule has 20 N–H and O–H groups in total. The molecule has 0 radical (unpaired) electrons. The van der Waals surface area contributed by atoms with Crippen molar-refractivity contribution < 1.29 is 124 Å². The van der Waals surface area contributed by atoms with E-state index in [1.165, 1.54) is 0 Å². The summed E-state index contributed by atoms with van der Waals surface area (Å²) in [6.45, 7) is 0. The summed E-state index contributed by atoms with van der Waals surface area (Å²) in [6.07, 6.45) is 0. The Hall–Kier alpha value is 1.64. The van der Waals surface area contributed by atoms with Crippen LogP contribution < -0.4 is 51.4 Å². The van der Waals surface area contributed by atoms with Gasteiger partial charge < -0.3 is 63.9 Å². The van der Waals surface area contributed by atoms with Crippen LogP contribution in [0.2, 0.25) is 0 Å². The monoisotopic (exact) mass is 342 g/mol. The van der Waals surface area contributed by atoms with Crippen molar-refractivity contribution in [3.8, 4) is 0 Å². The summed E-state index contributed by atoms with van der Waals surface area (Å²) in [4.78, 5) is 0. The van der Waals surface area contributed by atoms with E-state index < -0.39 is 10.4 Å². The van der Waals surface area contributed by atoms with Crippen molar-refractivity contribution in [3.63, 3.8) is 0 Å². The van der Waals surface area contributed by atoms with Gasteiger partial charge in [0.1, 0.15) is 0 Å². The standard InChI is InChI=1S/Al.K.H2O4S.10H2O/c;;1-5(2,3)4;;;;;;;;;;/h;;(H2,1,2,3,4);10*1H2/q+3;+1;;;;;;;;;;;/p-2. The van der Waals surface area contributed by atoms with Crippen LogP contribution in [-0.2, 0) is 10.4 Å². The molecule has 0 heterocycles. The van der Waals surface area contributed by atoms with Gasteiger partial charge in [0.05, 0.1) is 0 Å². The van der Waals surface area contributed by atoms with Gasteiger partial charge in [-0.05, 0) is 0 Å². The molecule has 112 valence electrons. The molecule has 0 aromatic rings. The molecule has 0 fully saturated rings. The van der Waals surface area contributed by atoms with Crippen LogP contribution in [-0.4, -0.2) is 89.6 Å². The Balaban J connectivity index is -0.00000000121. The second-order valence-corrected chi connectivity index (χ2v) is 1.22. The number of rotatable bonds is 0. The Morgan fingerprint density at radius 2 is 0.529 bits per heavy atom. The fourth-order valence-electron chi connectivity index (χ4n) is 0. The molecule has 0 unspecified atom stereocenters. The van der Waals surface area contributed by atoms with Crippen LogP contribution in [0.3, 0.4) is 0 Å². The molecule has 0 aliphatic heterocycles. The normalized spacial score (nSPS) is 3.41. The molecule has 0 aromatic carbocycles. The summed E-state index contributed by atoms with van der Waals surface area (Å²) in [5, 5.41) is 0. The Morgan fingerprint density at radius 1 is 0.529 bits per heavy atom. The fourth-order valence-corrected chi connectivity index (χ4v) is 0. The minimum atomic E-state index is -5.17. The average Bonchev–Trinajstić information content (AvgIpc) is 0.722. The zero-order valence-corrected chi connectivity index (χ0v) is 13.7. The Kier molecular flexibility index (Phi) is 898. The van der Waals surface area contributed by atoms with Crippen LogP contribution in [0.1, 0.15) is 0 Å². The van der Waals surface area contributed by atoms with E-state index in [1.54, 1.807) is 0 Å². The predicted molar refractivity (Wildman–Crippen MR) is 52.4 cm³/mol. The maximum Gasteiger partial charge on any atom is 3.00 e. The van der Waals surface area contributed by atoms with E-state index >= 15 is 0 Å². The summed E-state index contributed by atoms with van der Waals surface area (Å²) in [5.41, 5.74) is 0. The van der Waals surface area contributed by atoms with Crippen molar-refractivity contribution in [1.82, 2.24) is 0 Å². The summed E-state index contributed by atoms with van der Waals surface area (Å²) in [5.74, 6) is 0. The van der Waals surface area contributed by atoms with E-state index in [1.807, 2.05) is 0 Å². The van der Waals surface area contributed by atoms with Crippen molar-refractivity contribution in [3.05, 3.63) is 0 Å². The van der Waals surface area contributed by atoms with Crippen molar-refractivity contribution in [2.75, 3.05) is 0 Å². The van der Waals surface area contributed by atoms with Crippen molar-refractivity contribution in [1.29, 1.82) is 0 Å². The van der Waals surface area contributed by atoms with Crippen LogP contribution in [0.4, 0.5) is 0 Å². The maximum absolute atomic E-state index is 8.52. The first kappa shape index (κ1) is 182. The van der Waals surface area contributed by atoms with Crippen LogP contribution in [0.25, 0.3) is 0 Å². The third kappa shape index (κ3) is 1610. The summed E-state index contributed by atoms with van der Waals surface area (Å²) in [7, 11) is -5.17. The second-order valence-electron chi connectivity index (χ2n) is 0.408. The molecule has 0 aliphatic rings. The van der Waals surface area contributed by atoms with E-state index in [2.05, 4.69) is 0 Å². The molecule has 0 aliphatic carbocycles. The van der Waals surface area contributed by atoms with Crippen LogP contribution in [0.5, 0.6) is 0 Å². The molecule has 0 saturated carbocycles. The van der Waals surface area contributed by atoms with Crippen LogP contribution >= 0.6 is 0 Å². The van der Waals surface area contributed by atoms with E-state index in [9.17, 15) is 0 Å². The van der Waals surface area contributed by atoms with Crippen molar-refractivity contribution in [2.24, 2.45) is 0 Å². The topological polar surface area (TPSA) is 395 Å². The average molecular weight is 342 g/mol. The molecule has 17 heavy (non-hydrogen) atoms. The zero-order valence-electron chi connectivity index (χ0n) is 8.62. The Morgan fingerprint density at radius 3 is 0.529 bits per heavy atom. The van der Waals surface area contributed by atoms with Crippen molar-refractivity contribution in [2.45, 2.75) is 0 Å². The van der Waals surface area contributed by atoms with Gasteiger partial charge in [-0.15, -0.1) is 0 Å². The van der Waals surface area contributed by atoms with Gasteiger partial charge in [-0.3, -0.25) is 8.42 Å². The van der Waals surface area contributed by atoms with Gasteiger partial charge in [0.25, 0.3) is 0 Å². The zero-order chi connectivity index (χ0) is 4.50. The van der Waals surface area contributed by atoms with Gasteiger partial charge in [0.15, 0.2) is 0 Å². The van der Waals surface area contributed by atoms with Gasteiger partial charge in [-0.2, -0.15) is 0 Å². The van der Waals surface area contributed by atoms with Gasteiger partial charge in [0, 0.05) is 10.4 Å². The number of hydrogen-bond donors (Lipinski definition) is 0. The minimum absolute atomic E-state index is 0. The third-order valence-corrected chi connectivity index (χ3v) is 0. The number of hydrogen-bond acceptors (Lipinski definition) is 4. The molecule has 17 heteroatoms. The molecule has 0 amide bonds. The predicted octanol–water partition coefficient (Wildman–Crippen LogP) is -13.0. The maximum atomic E-state index is 8.52. The molecule has 0 rings (SSSR count). The first-order chi connectivity index (χ1) is 2.00. The largest absolute Gasteiger partial charge is 3.00 e. The van der Waals surface area contributed by atoms with Crippen LogP contribution in [0.15, 0.2) is 0 Å². The van der Waals surface area contributed by atoms with Crippen molar-refractivity contribution >= 4 is 27.8 Å². The molecule has 0 aromatic heterocycles. The SMILES string of the molecule is O.O.O.O.O.O.O.O.O.O.O=S(=O)([O-])[O-].[Al+3].[K+]. The quantitative estimate of drug-likeness (QED) is 0.234. The van der Waals surface area contributed by atoms with E-state index in [-0.39, 0.29) is 124 Å². The van der Waals surface area contributed by atoms with Crippen LogP contribution in [0, 0.1) is 0 Å². The van der Waals surface area contributed by atoms with Gasteiger partial charge >= 0.3 is 68.7 Å². The molecule has 0 saturated heterocycles. The molecule has 0 spiro atoms. The van der Waals surface area contributed by atoms with Gasteiger partial charge in [0.2, 0.25) is 0 Å². The minimum Gasteiger partial charge on any atom is -0.759 e. The second kappa shape index (κ2) is 83.7.